The highest BCUT2D eigenvalue weighted by atomic mass is 79.9. The fourth-order valence-corrected chi connectivity index (χ4v) is 2.52. The maximum atomic E-state index is 13.5. The lowest BCUT2D eigenvalue weighted by molar-refractivity contribution is 0.579. The van der Waals surface area contributed by atoms with Gasteiger partial charge in [0.15, 0.2) is 10.3 Å². The van der Waals surface area contributed by atoms with E-state index in [4.69, 9.17) is 23.2 Å². The molecular formula is C14H7BrCl2F2N2. The summed E-state index contributed by atoms with van der Waals surface area (Å²) in [4.78, 5) is 0. The SMILES string of the molecule is Fc1cccc(F)c1/C(Cl)=N/N=C(\Cl)c1ccccc1Br. The molecule has 0 spiro atoms. The molecule has 2 aromatic rings. The normalized spacial score (nSPS) is 12.6. The number of nitrogens with zero attached hydrogens (tertiary/aromatic N) is 2. The van der Waals surface area contributed by atoms with Crippen LogP contribution in [0.5, 0.6) is 0 Å². The predicted octanol–water partition coefficient (Wildman–Crippen LogP) is 5.31. The van der Waals surface area contributed by atoms with Crippen molar-refractivity contribution in [1.29, 1.82) is 0 Å². The highest BCUT2D eigenvalue weighted by molar-refractivity contribution is 9.10. The summed E-state index contributed by atoms with van der Waals surface area (Å²) in [5.41, 5.74) is 0.140. The molecule has 0 saturated carbocycles. The minimum absolute atomic E-state index is 0.0392. The van der Waals surface area contributed by atoms with Crippen LogP contribution in [0.3, 0.4) is 0 Å². The first-order valence-electron chi connectivity index (χ1n) is 5.66. The summed E-state index contributed by atoms with van der Waals surface area (Å²) in [7, 11) is 0. The molecule has 0 unspecified atom stereocenters. The van der Waals surface area contributed by atoms with Crippen molar-refractivity contribution in [3.63, 3.8) is 0 Å². The minimum Gasteiger partial charge on any atom is -0.206 e. The fourth-order valence-electron chi connectivity index (χ4n) is 1.52. The Kier molecular flexibility index (Phi) is 5.45. The van der Waals surface area contributed by atoms with Gasteiger partial charge in [-0.2, -0.15) is 0 Å². The maximum absolute atomic E-state index is 13.5. The van der Waals surface area contributed by atoms with Crippen LogP contribution in [0.25, 0.3) is 0 Å². The second-order valence-corrected chi connectivity index (χ2v) is 5.43. The second kappa shape index (κ2) is 7.11. The molecule has 2 rings (SSSR count). The number of hydrogen-bond acceptors (Lipinski definition) is 2. The van der Waals surface area contributed by atoms with E-state index in [1.807, 2.05) is 6.07 Å². The summed E-state index contributed by atoms with van der Waals surface area (Å²) in [6.45, 7) is 0. The number of hydrogen-bond donors (Lipinski definition) is 0. The molecule has 2 nitrogen and oxygen atoms in total. The van der Waals surface area contributed by atoms with Gasteiger partial charge in [-0.3, -0.25) is 0 Å². The summed E-state index contributed by atoms with van der Waals surface area (Å²) in [5.74, 6) is -1.65. The van der Waals surface area contributed by atoms with Crippen molar-refractivity contribution >= 4 is 49.5 Å². The molecule has 0 aliphatic rings. The third kappa shape index (κ3) is 3.87. The molecule has 0 fully saturated rings. The molecule has 108 valence electrons. The first kappa shape index (κ1) is 16.1. The van der Waals surface area contributed by atoms with Crippen molar-refractivity contribution in [2.24, 2.45) is 10.2 Å². The van der Waals surface area contributed by atoms with Gasteiger partial charge in [-0.1, -0.05) is 63.4 Å². The van der Waals surface area contributed by atoms with E-state index in [2.05, 4.69) is 26.1 Å². The Morgan fingerprint density at radius 3 is 2.05 bits per heavy atom. The van der Waals surface area contributed by atoms with Crippen LogP contribution in [-0.4, -0.2) is 10.3 Å². The molecule has 0 amide bonds. The van der Waals surface area contributed by atoms with Gasteiger partial charge >= 0.3 is 0 Å². The van der Waals surface area contributed by atoms with Crippen LogP contribution in [0.15, 0.2) is 57.1 Å². The van der Waals surface area contributed by atoms with Gasteiger partial charge in [-0.05, 0) is 18.2 Å². The summed E-state index contributed by atoms with van der Waals surface area (Å²) in [6, 6.07) is 10.4. The summed E-state index contributed by atoms with van der Waals surface area (Å²) < 4.78 is 27.7. The zero-order valence-electron chi connectivity index (χ0n) is 10.3. The van der Waals surface area contributed by atoms with Crippen LogP contribution >= 0.6 is 39.1 Å². The molecule has 0 saturated heterocycles. The van der Waals surface area contributed by atoms with E-state index in [9.17, 15) is 8.78 Å². The number of benzene rings is 2. The van der Waals surface area contributed by atoms with E-state index in [0.717, 1.165) is 12.1 Å². The van der Waals surface area contributed by atoms with E-state index >= 15 is 0 Å². The maximum Gasteiger partial charge on any atom is 0.164 e. The molecule has 0 N–H and O–H groups in total. The van der Waals surface area contributed by atoms with E-state index < -0.39 is 22.4 Å². The van der Waals surface area contributed by atoms with Gasteiger partial charge in [0.25, 0.3) is 0 Å². The Hall–Kier alpha value is -1.30. The number of halogens is 5. The molecule has 0 aliphatic heterocycles. The zero-order valence-corrected chi connectivity index (χ0v) is 13.4. The smallest absolute Gasteiger partial charge is 0.164 e. The van der Waals surface area contributed by atoms with Crippen molar-refractivity contribution in [1.82, 2.24) is 0 Å². The lowest BCUT2D eigenvalue weighted by Crippen LogP contribution is -2.00. The Labute approximate surface area is 138 Å². The van der Waals surface area contributed by atoms with Gasteiger partial charge in [-0.15, -0.1) is 10.2 Å². The van der Waals surface area contributed by atoms with Gasteiger partial charge in [0, 0.05) is 10.0 Å². The van der Waals surface area contributed by atoms with E-state index in [0.29, 0.717) is 10.0 Å². The van der Waals surface area contributed by atoms with Crippen molar-refractivity contribution in [3.05, 3.63) is 69.7 Å². The highest BCUT2D eigenvalue weighted by Crippen LogP contribution is 2.19. The van der Waals surface area contributed by atoms with Crippen LogP contribution in [0.1, 0.15) is 11.1 Å². The average Bonchev–Trinajstić information content (AvgIpc) is 2.45. The molecule has 7 heteroatoms. The quantitative estimate of drug-likeness (QED) is 0.500. The third-order valence-corrected chi connectivity index (χ3v) is 3.73. The highest BCUT2D eigenvalue weighted by Gasteiger charge is 2.13. The molecule has 0 heterocycles. The van der Waals surface area contributed by atoms with Crippen molar-refractivity contribution < 1.29 is 8.78 Å². The lowest BCUT2D eigenvalue weighted by atomic mass is 10.2. The molecule has 0 aliphatic carbocycles. The van der Waals surface area contributed by atoms with Crippen LogP contribution in [0.4, 0.5) is 8.78 Å². The largest absolute Gasteiger partial charge is 0.206 e. The van der Waals surface area contributed by atoms with Crippen LogP contribution < -0.4 is 0 Å². The number of rotatable bonds is 3. The third-order valence-electron chi connectivity index (χ3n) is 2.49. The zero-order chi connectivity index (χ0) is 15.4. The topological polar surface area (TPSA) is 24.7 Å². The monoisotopic (exact) mass is 390 g/mol. The second-order valence-electron chi connectivity index (χ2n) is 3.86. The molecular weight excluding hydrogens is 385 g/mol. The minimum atomic E-state index is -0.823. The molecule has 2 aromatic carbocycles. The van der Waals surface area contributed by atoms with Gasteiger partial charge in [0.2, 0.25) is 0 Å². The van der Waals surface area contributed by atoms with Crippen molar-refractivity contribution in [2.75, 3.05) is 0 Å². The van der Waals surface area contributed by atoms with E-state index in [1.54, 1.807) is 18.2 Å². The Bertz CT molecular complexity index is 712. The van der Waals surface area contributed by atoms with Crippen molar-refractivity contribution in [2.45, 2.75) is 0 Å². The summed E-state index contributed by atoms with van der Waals surface area (Å²) in [6.07, 6.45) is 0. The van der Waals surface area contributed by atoms with Crippen molar-refractivity contribution in [3.8, 4) is 0 Å². The van der Waals surface area contributed by atoms with Crippen LogP contribution in [0.2, 0.25) is 0 Å². The summed E-state index contributed by atoms with van der Waals surface area (Å²) in [5, 5.41) is 6.88. The van der Waals surface area contributed by atoms with Gasteiger partial charge < -0.3 is 0 Å². The fraction of sp³-hybridized carbons (Fsp3) is 0. The first-order chi connectivity index (χ1) is 10.0. The first-order valence-corrected chi connectivity index (χ1v) is 7.21. The molecule has 0 bridgehead atoms. The van der Waals surface area contributed by atoms with Gasteiger partial charge in [-0.25, -0.2) is 8.78 Å². The Balaban J connectivity index is 2.36. The van der Waals surface area contributed by atoms with Crippen LogP contribution in [0, 0.1) is 11.6 Å². The van der Waals surface area contributed by atoms with Gasteiger partial charge in [0.1, 0.15) is 11.6 Å². The summed E-state index contributed by atoms with van der Waals surface area (Å²) >= 11 is 15.1. The Morgan fingerprint density at radius 2 is 1.43 bits per heavy atom. The molecule has 0 aromatic heterocycles. The lowest BCUT2D eigenvalue weighted by Gasteiger charge is -2.02. The molecule has 0 atom stereocenters. The average molecular weight is 392 g/mol. The van der Waals surface area contributed by atoms with Crippen LogP contribution in [-0.2, 0) is 0 Å². The Morgan fingerprint density at radius 1 is 0.857 bits per heavy atom. The predicted molar refractivity (Wildman–Crippen MR) is 85.3 cm³/mol. The standard InChI is InChI=1S/C14H7BrCl2F2N2/c15-9-5-2-1-4-8(9)13(16)20-21-14(17)12-10(18)6-3-7-11(12)19/h1-7H/b20-13-,21-14-. The van der Waals surface area contributed by atoms with Gasteiger partial charge in [0.05, 0.1) is 5.56 Å². The molecule has 21 heavy (non-hydrogen) atoms. The van der Waals surface area contributed by atoms with E-state index in [-0.39, 0.29) is 5.17 Å². The van der Waals surface area contributed by atoms with E-state index in [1.165, 1.54) is 6.07 Å². The molecule has 0 radical (unpaired) electrons.